The summed E-state index contributed by atoms with van der Waals surface area (Å²) in [5.74, 6) is -3.26. The third-order valence-corrected chi connectivity index (χ3v) is 7.41. The number of aliphatic imine (C=N–C) groups is 1. The number of hydrogen-bond donors (Lipinski definition) is 1. The van der Waals surface area contributed by atoms with Crippen molar-refractivity contribution in [2.45, 2.75) is 50.6 Å². The number of aromatic nitrogens is 1. The van der Waals surface area contributed by atoms with Gasteiger partial charge in [-0.15, -0.1) is 0 Å². The monoisotopic (exact) mass is 504 g/mol. The Balaban J connectivity index is 1.26. The van der Waals surface area contributed by atoms with Crippen molar-refractivity contribution < 1.29 is 18.0 Å². The summed E-state index contributed by atoms with van der Waals surface area (Å²) >= 11 is 0. The second kappa shape index (κ2) is 9.10. The topological polar surface area (TPSA) is 57.6 Å². The van der Waals surface area contributed by atoms with E-state index in [2.05, 4.69) is 10.3 Å². The largest absolute Gasteiger partial charge is 0.318 e. The molecule has 5 nitrogen and oxygen atoms in total. The standard InChI is InChI=1S/C29H27F3N4O/c1-17-2-6-24(30)25(7-3-17)35-28(37)27-23-11-19(4-5-21(23)22-12-26(22)34-27)20-10-18(13-33-14-20)15-36-9-8-29(31,32)16-36/h2,4-7,10-11,13-14,22,26H,3,8-9,12,15-16H2,1H3,(H,35,37). The van der Waals surface area contributed by atoms with Crippen molar-refractivity contribution >= 4 is 11.6 Å². The lowest BCUT2D eigenvalue weighted by Gasteiger charge is -2.19. The number of benzene rings is 1. The molecule has 1 aromatic heterocycles. The number of hydrogen-bond acceptors (Lipinski definition) is 4. The lowest BCUT2D eigenvalue weighted by atomic mass is 9.92. The summed E-state index contributed by atoms with van der Waals surface area (Å²) < 4.78 is 41.8. The number of pyridine rings is 1. The van der Waals surface area contributed by atoms with Crippen LogP contribution >= 0.6 is 0 Å². The summed E-state index contributed by atoms with van der Waals surface area (Å²) in [4.78, 5) is 24.1. The molecular formula is C29H27F3N4O. The summed E-state index contributed by atoms with van der Waals surface area (Å²) in [6.07, 6.45) is 9.50. The average molecular weight is 505 g/mol. The van der Waals surface area contributed by atoms with E-state index in [4.69, 9.17) is 4.99 Å². The van der Waals surface area contributed by atoms with Crippen molar-refractivity contribution in [3.8, 4) is 11.1 Å². The van der Waals surface area contributed by atoms with E-state index in [0.29, 0.717) is 31.1 Å². The minimum atomic E-state index is -2.64. The number of likely N-dealkylation sites (tertiary alicyclic amines) is 1. The normalized spacial score (nSPS) is 24.1. The van der Waals surface area contributed by atoms with E-state index in [-0.39, 0.29) is 24.7 Å². The molecule has 0 radical (unpaired) electrons. The molecule has 1 N–H and O–H groups in total. The van der Waals surface area contributed by atoms with E-state index in [1.54, 1.807) is 29.4 Å². The molecule has 2 unspecified atom stereocenters. The summed E-state index contributed by atoms with van der Waals surface area (Å²) in [6.45, 7) is 2.43. The molecule has 2 aliphatic heterocycles. The Kier molecular flexibility index (Phi) is 5.87. The van der Waals surface area contributed by atoms with Gasteiger partial charge in [-0.05, 0) is 54.7 Å². The molecule has 1 saturated heterocycles. The Morgan fingerprint density at radius 2 is 2.05 bits per heavy atom. The number of rotatable bonds is 5. The zero-order valence-corrected chi connectivity index (χ0v) is 20.5. The molecule has 37 heavy (non-hydrogen) atoms. The highest BCUT2D eigenvalue weighted by molar-refractivity contribution is 6.46. The van der Waals surface area contributed by atoms with Crippen LogP contribution in [0.1, 0.15) is 48.8 Å². The Hall–Kier alpha value is -3.52. The van der Waals surface area contributed by atoms with Crippen molar-refractivity contribution in [1.82, 2.24) is 15.2 Å². The predicted molar refractivity (Wildman–Crippen MR) is 136 cm³/mol. The van der Waals surface area contributed by atoms with E-state index in [0.717, 1.165) is 39.8 Å². The van der Waals surface area contributed by atoms with Gasteiger partial charge in [0.05, 0.1) is 18.3 Å². The van der Waals surface area contributed by atoms with Gasteiger partial charge in [0.2, 0.25) is 0 Å². The van der Waals surface area contributed by atoms with Crippen molar-refractivity contribution in [3.63, 3.8) is 0 Å². The van der Waals surface area contributed by atoms with E-state index >= 15 is 0 Å². The molecule has 190 valence electrons. The molecule has 2 atom stereocenters. The van der Waals surface area contributed by atoms with Crippen LogP contribution in [0, 0.1) is 0 Å². The van der Waals surface area contributed by atoms with Crippen molar-refractivity contribution in [1.29, 1.82) is 0 Å². The minimum absolute atomic E-state index is 0.0788. The van der Waals surface area contributed by atoms with Crippen LogP contribution in [0.15, 0.2) is 77.0 Å². The lowest BCUT2D eigenvalue weighted by Crippen LogP contribution is -2.33. The van der Waals surface area contributed by atoms with Crippen molar-refractivity contribution in [2.75, 3.05) is 13.1 Å². The molecular weight excluding hydrogens is 477 g/mol. The number of fused-ring (bicyclic) bond motifs is 3. The molecule has 1 amide bonds. The molecule has 3 heterocycles. The van der Waals surface area contributed by atoms with Crippen LogP contribution in [-0.2, 0) is 11.3 Å². The van der Waals surface area contributed by atoms with Gasteiger partial charge in [-0.1, -0.05) is 29.9 Å². The summed E-state index contributed by atoms with van der Waals surface area (Å²) in [6, 6.07) is 8.01. The summed E-state index contributed by atoms with van der Waals surface area (Å²) in [7, 11) is 0. The molecule has 0 spiro atoms. The number of carbonyl (C=O) groups excluding carboxylic acids is 1. The SMILES string of the molecule is CC1=CC=C(F)C(NC(=O)C2=NC3CC3c3ccc(-c4cncc(CN5CCC(F)(F)C5)c4)cc32)=CC1. The summed E-state index contributed by atoms with van der Waals surface area (Å²) in [5.41, 5.74) is 5.83. The number of nitrogens with one attached hydrogen (secondary N) is 1. The molecule has 4 aliphatic rings. The molecule has 2 aromatic rings. The average Bonchev–Trinajstić information content (AvgIpc) is 3.62. The Labute approximate surface area is 213 Å². The van der Waals surface area contributed by atoms with Crippen LogP contribution in [0.2, 0.25) is 0 Å². The Morgan fingerprint density at radius 3 is 2.86 bits per heavy atom. The maximum atomic E-state index is 14.5. The molecule has 0 bridgehead atoms. The van der Waals surface area contributed by atoms with Gasteiger partial charge in [0.15, 0.2) is 0 Å². The molecule has 6 rings (SSSR count). The molecule has 1 aromatic carbocycles. The van der Waals surface area contributed by atoms with Crippen LogP contribution < -0.4 is 5.32 Å². The first kappa shape index (κ1) is 23.9. The fraction of sp³-hybridized carbons (Fsp3) is 0.345. The summed E-state index contributed by atoms with van der Waals surface area (Å²) in [5, 5.41) is 2.73. The number of allylic oxidation sites excluding steroid dienone is 5. The maximum Gasteiger partial charge on any atom is 0.274 e. The van der Waals surface area contributed by atoms with Crippen LogP contribution in [0.4, 0.5) is 13.2 Å². The fourth-order valence-electron chi connectivity index (χ4n) is 5.30. The smallest absolute Gasteiger partial charge is 0.274 e. The van der Waals surface area contributed by atoms with Crippen LogP contribution in [0.25, 0.3) is 11.1 Å². The van der Waals surface area contributed by atoms with Crippen molar-refractivity contribution in [2.24, 2.45) is 4.99 Å². The first-order valence-corrected chi connectivity index (χ1v) is 12.6. The molecule has 2 fully saturated rings. The first-order valence-electron chi connectivity index (χ1n) is 12.6. The first-order chi connectivity index (χ1) is 17.8. The van der Waals surface area contributed by atoms with Gasteiger partial charge in [-0.3, -0.25) is 19.7 Å². The highest BCUT2D eigenvalue weighted by Crippen LogP contribution is 2.48. The Bertz CT molecular complexity index is 1410. The number of amides is 1. The van der Waals surface area contributed by atoms with Gasteiger partial charge in [0.25, 0.3) is 11.8 Å². The maximum absolute atomic E-state index is 14.5. The third kappa shape index (κ3) is 4.90. The highest BCUT2D eigenvalue weighted by atomic mass is 19.3. The minimum Gasteiger partial charge on any atom is -0.318 e. The van der Waals surface area contributed by atoms with E-state index < -0.39 is 17.7 Å². The second-order valence-electron chi connectivity index (χ2n) is 10.4. The molecule has 1 saturated carbocycles. The van der Waals surface area contributed by atoms with E-state index in [1.807, 2.05) is 31.2 Å². The number of nitrogens with zero attached hydrogens (tertiary/aromatic N) is 3. The molecule has 2 aliphatic carbocycles. The van der Waals surface area contributed by atoms with Crippen LogP contribution in [0.3, 0.4) is 0 Å². The van der Waals surface area contributed by atoms with Gasteiger partial charge >= 0.3 is 0 Å². The van der Waals surface area contributed by atoms with Crippen molar-refractivity contribution in [3.05, 3.63) is 88.7 Å². The van der Waals surface area contributed by atoms with Crippen LogP contribution in [-0.4, -0.2) is 46.6 Å². The predicted octanol–water partition coefficient (Wildman–Crippen LogP) is 5.45. The quantitative estimate of drug-likeness (QED) is 0.589. The number of halogens is 3. The van der Waals surface area contributed by atoms with Gasteiger partial charge in [-0.2, -0.15) is 0 Å². The van der Waals surface area contributed by atoms with Gasteiger partial charge in [-0.25, -0.2) is 13.2 Å². The Morgan fingerprint density at radius 1 is 1.19 bits per heavy atom. The van der Waals surface area contributed by atoms with Gasteiger partial charge in [0, 0.05) is 48.9 Å². The lowest BCUT2D eigenvalue weighted by molar-refractivity contribution is -0.114. The zero-order chi connectivity index (χ0) is 25.7. The second-order valence-corrected chi connectivity index (χ2v) is 10.4. The molecule has 8 heteroatoms. The van der Waals surface area contributed by atoms with E-state index in [1.165, 1.54) is 6.08 Å². The van der Waals surface area contributed by atoms with Gasteiger partial charge in [0.1, 0.15) is 11.5 Å². The number of carbonyl (C=O) groups is 1. The fourth-order valence-corrected chi connectivity index (χ4v) is 5.30. The number of alkyl halides is 2. The van der Waals surface area contributed by atoms with E-state index in [9.17, 15) is 18.0 Å². The van der Waals surface area contributed by atoms with Gasteiger partial charge < -0.3 is 5.32 Å². The highest BCUT2D eigenvalue weighted by Gasteiger charge is 2.45. The van der Waals surface area contributed by atoms with Crippen LogP contribution in [0.5, 0.6) is 0 Å². The zero-order valence-electron chi connectivity index (χ0n) is 20.5. The third-order valence-electron chi connectivity index (χ3n) is 7.41.